The molecule has 1 atom stereocenters. The zero-order valence-electron chi connectivity index (χ0n) is 10.1. The Balaban J connectivity index is 1.97. The number of rotatable bonds is 4. The van der Waals surface area contributed by atoms with Gasteiger partial charge in [-0.05, 0) is 43.0 Å². The van der Waals surface area contributed by atoms with Crippen molar-refractivity contribution >= 4 is 11.6 Å². The molecule has 1 aromatic rings. The lowest BCUT2D eigenvalue weighted by molar-refractivity contribution is -0.130. The molecule has 0 amide bonds. The van der Waals surface area contributed by atoms with Crippen LogP contribution in [0.25, 0.3) is 0 Å². The molecule has 18 heavy (non-hydrogen) atoms. The molecule has 1 aliphatic rings. The highest BCUT2D eigenvalue weighted by Crippen LogP contribution is 2.26. The molecule has 0 heterocycles. The first-order chi connectivity index (χ1) is 8.58. The fraction of sp³-hybridized carbons (Fsp3) is 0.429. The van der Waals surface area contributed by atoms with Crippen molar-refractivity contribution in [1.29, 1.82) is 0 Å². The van der Waals surface area contributed by atoms with Crippen LogP contribution in [0.1, 0.15) is 31.2 Å². The summed E-state index contributed by atoms with van der Waals surface area (Å²) in [5.41, 5.74) is 0.536. The second-order valence-electron chi connectivity index (χ2n) is 4.69. The number of phenols is 2. The number of phenolic OH excluding ortho intramolecular Hbond substituents is 2. The standard InChI is InChI=1S/C14H16O4/c15-10-5-7-12(16)9(8-10)4-6-14(18)11-2-1-3-13(11)17/h5,7-8,11,15-16H,1-4,6H2. The molecule has 0 radical (unpaired) electrons. The molecular weight excluding hydrogens is 232 g/mol. The van der Waals surface area contributed by atoms with Crippen LogP contribution in [0.3, 0.4) is 0 Å². The Labute approximate surface area is 105 Å². The summed E-state index contributed by atoms with van der Waals surface area (Å²) in [5, 5.41) is 18.9. The van der Waals surface area contributed by atoms with E-state index < -0.39 is 5.92 Å². The molecule has 1 saturated carbocycles. The van der Waals surface area contributed by atoms with Gasteiger partial charge in [0.2, 0.25) is 0 Å². The molecule has 0 bridgehead atoms. The van der Waals surface area contributed by atoms with Gasteiger partial charge in [-0.25, -0.2) is 0 Å². The Morgan fingerprint density at radius 2 is 2.11 bits per heavy atom. The molecule has 2 N–H and O–H groups in total. The molecule has 0 spiro atoms. The molecule has 96 valence electrons. The van der Waals surface area contributed by atoms with Crippen molar-refractivity contribution in [3.63, 3.8) is 0 Å². The van der Waals surface area contributed by atoms with E-state index in [2.05, 4.69) is 0 Å². The maximum atomic E-state index is 11.9. The highest BCUT2D eigenvalue weighted by Gasteiger charge is 2.30. The van der Waals surface area contributed by atoms with Gasteiger partial charge >= 0.3 is 0 Å². The maximum absolute atomic E-state index is 11.9. The van der Waals surface area contributed by atoms with Gasteiger partial charge in [0.15, 0.2) is 0 Å². The van der Waals surface area contributed by atoms with Crippen molar-refractivity contribution in [2.75, 3.05) is 0 Å². The van der Waals surface area contributed by atoms with E-state index in [-0.39, 0.29) is 29.5 Å². The molecule has 1 fully saturated rings. The number of hydrogen-bond acceptors (Lipinski definition) is 4. The Bertz CT molecular complexity index is 479. The normalized spacial score (nSPS) is 19.1. The molecule has 2 rings (SSSR count). The van der Waals surface area contributed by atoms with E-state index in [0.717, 1.165) is 6.42 Å². The van der Waals surface area contributed by atoms with Crippen molar-refractivity contribution in [3.8, 4) is 11.5 Å². The molecule has 4 nitrogen and oxygen atoms in total. The average molecular weight is 248 g/mol. The number of aromatic hydroxyl groups is 2. The summed E-state index contributed by atoms with van der Waals surface area (Å²) in [6.45, 7) is 0. The number of hydrogen-bond donors (Lipinski definition) is 2. The molecule has 0 saturated heterocycles. The summed E-state index contributed by atoms with van der Waals surface area (Å²) < 4.78 is 0. The SMILES string of the molecule is O=C1CCCC1C(=O)CCc1cc(O)ccc1O. The molecular formula is C14H16O4. The molecule has 1 aromatic carbocycles. The topological polar surface area (TPSA) is 74.6 Å². The van der Waals surface area contributed by atoms with Gasteiger partial charge in [0, 0.05) is 12.8 Å². The number of aryl methyl sites for hydroxylation is 1. The third-order valence-corrected chi connectivity index (χ3v) is 3.40. The first kappa shape index (κ1) is 12.6. The Kier molecular flexibility index (Phi) is 3.65. The van der Waals surface area contributed by atoms with Gasteiger partial charge < -0.3 is 10.2 Å². The van der Waals surface area contributed by atoms with Gasteiger partial charge in [-0.3, -0.25) is 9.59 Å². The van der Waals surface area contributed by atoms with E-state index in [1.165, 1.54) is 18.2 Å². The fourth-order valence-electron chi connectivity index (χ4n) is 2.36. The second kappa shape index (κ2) is 5.21. The predicted octanol–water partition coefficient (Wildman–Crippen LogP) is 1.97. The first-order valence-corrected chi connectivity index (χ1v) is 6.14. The van der Waals surface area contributed by atoms with E-state index in [1.54, 1.807) is 0 Å². The third-order valence-electron chi connectivity index (χ3n) is 3.40. The van der Waals surface area contributed by atoms with Crippen LogP contribution in [0.2, 0.25) is 0 Å². The first-order valence-electron chi connectivity index (χ1n) is 6.14. The van der Waals surface area contributed by atoms with E-state index in [9.17, 15) is 19.8 Å². The number of benzene rings is 1. The quantitative estimate of drug-likeness (QED) is 0.631. The van der Waals surface area contributed by atoms with Crippen molar-refractivity contribution in [3.05, 3.63) is 23.8 Å². The molecule has 0 aliphatic heterocycles. The third kappa shape index (κ3) is 2.70. The van der Waals surface area contributed by atoms with Crippen molar-refractivity contribution in [2.24, 2.45) is 5.92 Å². The van der Waals surface area contributed by atoms with Crippen LogP contribution >= 0.6 is 0 Å². The minimum atomic E-state index is -0.440. The number of carbonyl (C=O) groups is 2. The summed E-state index contributed by atoms with van der Waals surface area (Å²) in [6.07, 6.45) is 2.54. The lowest BCUT2D eigenvalue weighted by Crippen LogP contribution is -2.18. The number of ketones is 2. The van der Waals surface area contributed by atoms with Crippen LogP contribution in [0, 0.1) is 5.92 Å². The zero-order chi connectivity index (χ0) is 13.1. The molecule has 0 aromatic heterocycles. The zero-order valence-corrected chi connectivity index (χ0v) is 10.1. The van der Waals surface area contributed by atoms with Gasteiger partial charge in [0.05, 0.1) is 5.92 Å². The van der Waals surface area contributed by atoms with Crippen LogP contribution in [0.15, 0.2) is 18.2 Å². The van der Waals surface area contributed by atoms with Gasteiger partial charge in [-0.15, -0.1) is 0 Å². The largest absolute Gasteiger partial charge is 0.508 e. The summed E-state index contributed by atoms with van der Waals surface area (Å²) in [7, 11) is 0. The van der Waals surface area contributed by atoms with E-state index >= 15 is 0 Å². The lowest BCUT2D eigenvalue weighted by atomic mass is 9.96. The maximum Gasteiger partial charge on any atom is 0.143 e. The summed E-state index contributed by atoms with van der Waals surface area (Å²) in [5.74, 6) is -0.324. The summed E-state index contributed by atoms with van der Waals surface area (Å²) in [6, 6.07) is 4.23. The summed E-state index contributed by atoms with van der Waals surface area (Å²) in [4.78, 5) is 23.3. The minimum absolute atomic E-state index is 0.0418. The highest BCUT2D eigenvalue weighted by molar-refractivity contribution is 6.03. The van der Waals surface area contributed by atoms with Gasteiger partial charge in [0.1, 0.15) is 23.1 Å². The lowest BCUT2D eigenvalue weighted by Gasteiger charge is -2.08. The smallest absolute Gasteiger partial charge is 0.143 e. The molecule has 4 heteroatoms. The van der Waals surface area contributed by atoms with Crippen LogP contribution in [-0.2, 0) is 16.0 Å². The monoisotopic (exact) mass is 248 g/mol. The van der Waals surface area contributed by atoms with E-state index in [0.29, 0.717) is 24.8 Å². The van der Waals surface area contributed by atoms with Crippen molar-refractivity contribution < 1.29 is 19.8 Å². The Morgan fingerprint density at radius 3 is 2.78 bits per heavy atom. The van der Waals surface area contributed by atoms with Gasteiger partial charge in [0.25, 0.3) is 0 Å². The average Bonchev–Trinajstić information content (AvgIpc) is 2.76. The fourth-order valence-corrected chi connectivity index (χ4v) is 2.36. The minimum Gasteiger partial charge on any atom is -0.508 e. The predicted molar refractivity (Wildman–Crippen MR) is 65.4 cm³/mol. The van der Waals surface area contributed by atoms with Crippen LogP contribution < -0.4 is 0 Å². The van der Waals surface area contributed by atoms with Crippen LogP contribution in [0.5, 0.6) is 11.5 Å². The van der Waals surface area contributed by atoms with Crippen molar-refractivity contribution in [1.82, 2.24) is 0 Å². The Hall–Kier alpha value is -1.84. The second-order valence-corrected chi connectivity index (χ2v) is 4.69. The van der Waals surface area contributed by atoms with Crippen LogP contribution in [-0.4, -0.2) is 21.8 Å². The number of Topliss-reactive ketones (excluding diaryl/α,β-unsaturated/α-hetero) is 2. The molecule has 1 unspecified atom stereocenters. The van der Waals surface area contributed by atoms with E-state index in [1.807, 2.05) is 0 Å². The Morgan fingerprint density at radius 1 is 1.33 bits per heavy atom. The van der Waals surface area contributed by atoms with E-state index in [4.69, 9.17) is 0 Å². The van der Waals surface area contributed by atoms with Crippen LogP contribution in [0.4, 0.5) is 0 Å². The van der Waals surface area contributed by atoms with Crippen molar-refractivity contribution in [2.45, 2.75) is 32.1 Å². The van der Waals surface area contributed by atoms with Gasteiger partial charge in [-0.2, -0.15) is 0 Å². The number of carbonyl (C=O) groups excluding carboxylic acids is 2. The highest BCUT2D eigenvalue weighted by atomic mass is 16.3. The summed E-state index contributed by atoms with van der Waals surface area (Å²) >= 11 is 0. The molecule has 1 aliphatic carbocycles. The van der Waals surface area contributed by atoms with Gasteiger partial charge in [-0.1, -0.05) is 0 Å².